The first kappa shape index (κ1) is 20.9. The van der Waals surface area contributed by atoms with E-state index in [-0.39, 0.29) is 24.0 Å². The van der Waals surface area contributed by atoms with Gasteiger partial charge in [-0.1, -0.05) is 5.16 Å². The summed E-state index contributed by atoms with van der Waals surface area (Å²) >= 11 is 1.66. The minimum absolute atomic E-state index is 0. The molecule has 1 N–H and O–H groups in total. The number of halogens is 1. The zero-order valence-corrected chi connectivity index (χ0v) is 18.5. The Morgan fingerprint density at radius 2 is 2.08 bits per heavy atom. The molecule has 0 aliphatic carbocycles. The fourth-order valence-corrected chi connectivity index (χ4v) is 3.51. The van der Waals surface area contributed by atoms with Crippen LogP contribution in [0.3, 0.4) is 0 Å². The fraction of sp³-hybridized carbons (Fsp3) is 0.562. The molecule has 3 heterocycles. The highest BCUT2D eigenvalue weighted by molar-refractivity contribution is 14.0. The molecule has 8 nitrogen and oxygen atoms in total. The van der Waals surface area contributed by atoms with Gasteiger partial charge in [0.05, 0.1) is 17.9 Å². The van der Waals surface area contributed by atoms with Crippen LogP contribution in [0.5, 0.6) is 0 Å². The SMILES string of the molecule is CN=C(NCc1csc(N(C)C)n1)N1CCN(Cc2ccon2)CC1.I. The number of anilines is 1. The van der Waals surface area contributed by atoms with Crippen molar-refractivity contribution in [1.29, 1.82) is 0 Å². The van der Waals surface area contributed by atoms with Gasteiger partial charge in [-0.25, -0.2) is 4.98 Å². The van der Waals surface area contributed by atoms with E-state index in [9.17, 15) is 0 Å². The third-order valence-corrected chi connectivity index (χ3v) is 5.17. The van der Waals surface area contributed by atoms with Crippen LogP contribution >= 0.6 is 35.3 Å². The summed E-state index contributed by atoms with van der Waals surface area (Å²) in [6.45, 7) is 5.37. The summed E-state index contributed by atoms with van der Waals surface area (Å²) in [5, 5.41) is 10.5. The zero-order chi connectivity index (χ0) is 17.6. The normalized spacial score (nSPS) is 15.7. The Morgan fingerprint density at radius 3 is 2.65 bits per heavy atom. The zero-order valence-electron chi connectivity index (χ0n) is 15.4. The van der Waals surface area contributed by atoms with Gasteiger partial charge in [-0.2, -0.15) is 0 Å². The number of nitrogens with zero attached hydrogens (tertiary/aromatic N) is 6. The van der Waals surface area contributed by atoms with Gasteiger partial charge in [0.15, 0.2) is 11.1 Å². The first-order valence-electron chi connectivity index (χ1n) is 8.34. The molecule has 1 fully saturated rings. The van der Waals surface area contributed by atoms with E-state index in [2.05, 4.69) is 35.6 Å². The molecular formula is C16H26IN7OS. The standard InChI is InChI=1S/C16H25N7OS.HI/c1-17-15(18-10-14-12-25-16(19-14)21(2)3)23-7-5-22(6-8-23)11-13-4-9-24-20-13;/h4,9,12H,5-8,10-11H2,1-3H3,(H,17,18);1H. The van der Waals surface area contributed by atoms with Gasteiger partial charge >= 0.3 is 0 Å². The Bertz CT molecular complexity index is 681. The lowest BCUT2D eigenvalue weighted by atomic mass is 10.3. The van der Waals surface area contributed by atoms with Gasteiger partial charge in [-0.3, -0.25) is 9.89 Å². The summed E-state index contributed by atoms with van der Waals surface area (Å²) in [5.41, 5.74) is 2.02. The van der Waals surface area contributed by atoms with E-state index in [1.807, 2.05) is 32.1 Å². The smallest absolute Gasteiger partial charge is 0.194 e. The molecule has 0 saturated carbocycles. The van der Waals surface area contributed by atoms with Gasteiger partial charge in [0.2, 0.25) is 0 Å². The third-order valence-electron chi connectivity index (χ3n) is 4.11. The number of guanidine groups is 1. The number of aromatic nitrogens is 2. The van der Waals surface area contributed by atoms with Crippen LogP contribution < -0.4 is 10.2 Å². The Hall–Kier alpha value is -1.40. The molecule has 3 rings (SSSR count). The molecule has 10 heteroatoms. The average Bonchev–Trinajstić information content (AvgIpc) is 3.28. The molecular weight excluding hydrogens is 465 g/mol. The van der Waals surface area contributed by atoms with Crippen LogP contribution in [0, 0.1) is 0 Å². The van der Waals surface area contributed by atoms with E-state index < -0.39 is 0 Å². The molecule has 2 aromatic heterocycles. The molecule has 0 bridgehead atoms. The van der Waals surface area contributed by atoms with Crippen LogP contribution in [0.2, 0.25) is 0 Å². The number of aliphatic imine (C=N–C) groups is 1. The second-order valence-electron chi connectivity index (χ2n) is 6.17. The van der Waals surface area contributed by atoms with Crippen LogP contribution in [0.25, 0.3) is 0 Å². The molecule has 2 aromatic rings. The highest BCUT2D eigenvalue weighted by atomic mass is 127. The first-order valence-corrected chi connectivity index (χ1v) is 9.22. The minimum atomic E-state index is 0. The van der Waals surface area contributed by atoms with Crippen LogP contribution in [0.4, 0.5) is 5.13 Å². The van der Waals surface area contributed by atoms with Crippen molar-refractivity contribution >= 4 is 46.4 Å². The van der Waals surface area contributed by atoms with Gasteiger partial charge in [-0.05, 0) is 0 Å². The lowest BCUT2D eigenvalue weighted by molar-refractivity contribution is 0.169. The molecule has 1 aliphatic rings. The van der Waals surface area contributed by atoms with Crippen molar-refractivity contribution in [3.8, 4) is 0 Å². The maximum atomic E-state index is 4.90. The summed E-state index contributed by atoms with van der Waals surface area (Å²) < 4.78 is 4.90. The first-order chi connectivity index (χ1) is 12.2. The van der Waals surface area contributed by atoms with Crippen molar-refractivity contribution in [2.75, 3.05) is 52.2 Å². The predicted octanol–water partition coefficient (Wildman–Crippen LogP) is 1.71. The van der Waals surface area contributed by atoms with Gasteiger partial charge in [0.1, 0.15) is 6.26 Å². The maximum absolute atomic E-state index is 4.90. The Balaban J connectivity index is 0.00000243. The molecule has 1 aliphatic heterocycles. The summed E-state index contributed by atoms with van der Waals surface area (Å²) in [4.78, 5) is 15.7. The monoisotopic (exact) mass is 491 g/mol. The molecule has 0 unspecified atom stereocenters. The third kappa shape index (κ3) is 5.55. The lowest BCUT2D eigenvalue weighted by Gasteiger charge is -2.36. The molecule has 0 spiro atoms. The van der Waals surface area contributed by atoms with Crippen LogP contribution in [-0.2, 0) is 13.1 Å². The van der Waals surface area contributed by atoms with Crippen molar-refractivity contribution in [1.82, 2.24) is 25.3 Å². The highest BCUT2D eigenvalue weighted by Gasteiger charge is 2.20. The van der Waals surface area contributed by atoms with Crippen molar-refractivity contribution in [3.05, 3.63) is 29.1 Å². The Labute approximate surface area is 175 Å². The number of piperazine rings is 1. The largest absolute Gasteiger partial charge is 0.364 e. The topological polar surface area (TPSA) is 73.0 Å². The second-order valence-corrected chi connectivity index (χ2v) is 7.01. The summed E-state index contributed by atoms with van der Waals surface area (Å²) in [7, 11) is 5.84. The quantitative estimate of drug-likeness (QED) is 0.388. The number of hydrogen-bond donors (Lipinski definition) is 1. The molecule has 1 saturated heterocycles. The van der Waals surface area contributed by atoms with Crippen LogP contribution in [-0.4, -0.2) is 73.2 Å². The maximum Gasteiger partial charge on any atom is 0.194 e. The number of nitrogens with one attached hydrogen (secondary N) is 1. The van der Waals surface area contributed by atoms with E-state index in [4.69, 9.17) is 4.52 Å². The summed E-state index contributed by atoms with van der Waals surface area (Å²) in [6.07, 6.45) is 1.62. The van der Waals surface area contributed by atoms with Gasteiger partial charge in [0.25, 0.3) is 0 Å². The summed E-state index contributed by atoms with van der Waals surface area (Å²) in [5.74, 6) is 0.931. The summed E-state index contributed by atoms with van der Waals surface area (Å²) in [6, 6.07) is 1.92. The second kappa shape index (κ2) is 10.1. The minimum Gasteiger partial charge on any atom is -0.364 e. The molecule has 0 amide bonds. The Morgan fingerprint density at radius 1 is 1.31 bits per heavy atom. The van der Waals surface area contributed by atoms with Gasteiger partial charge < -0.3 is 19.6 Å². The van der Waals surface area contributed by atoms with Crippen molar-refractivity contribution in [2.24, 2.45) is 4.99 Å². The highest BCUT2D eigenvalue weighted by Crippen LogP contribution is 2.17. The molecule has 144 valence electrons. The number of hydrogen-bond acceptors (Lipinski definition) is 7. The van der Waals surface area contributed by atoms with Crippen molar-refractivity contribution < 1.29 is 4.52 Å². The molecule has 0 atom stereocenters. The van der Waals surface area contributed by atoms with Gasteiger partial charge in [0, 0.05) is 65.3 Å². The van der Waals surface area contributed by atoms with Crippen molar-refractivity contribution in [2.45, 2.75) is 13.1 Å². The molecule has 26 heavy (non-hydrogen) atoms. The fourth-order valence-electron chi connectivity index (χ4n) is 2.75. The molecule has 0 radical (unpaired) electrons. The molecule has 0 aromatic carbocycles. The average molecular weight is 491 g/mol. The van der Waals surface area contributed by atoms with E-state index >= 15 is 0 Å². The van der Waals surface area contributed by atoms with Gasteiger partial charge in [-0.15, -0.1) is 35.3 Å². The van der Waals surface area contributed by atoms with E-state index in [1.54, 1.807) is 17.6 Å². The lowest BCUT2D eigenvalue weighted by Crippen LogP contribution is -2.52. The van der Waals surface area contributed by atoms with Crippen molar-refractivity contribution in [3.63, 3.8) is 0 Å². The van der Waals surface area contributed by atoms with E-state index in [1.165, 1.54) is 0 Å². The number of rotatable bonds is 5. The number of thiazole rings is 1. The van der Waals surface area contributed by atoms with Crippen LogP contribution in [0.1, 0.15) is 11.4 Å². The van der Waals surface area contributed by atoms with E-state index in [0.717, 1.165) is 55.2 Å². The Kier molecular flexibility index (Phi) is 8.10. The van der Waals surface area contributed by atoms with Crippen LogP contribution in [0.15, 0.2) is 27.2 Å². The van der Waals surface area contributed by atoms with E-state index in [0.29, 0.717) is 6.54 Å². The predicted molar refractivity (Wildman–Crippen MR) is 115 cm³/mol.